The zero-order chi connectivity index (χ0) is 33.7. The lowest BCUT2D eigenvalue weighted by molar-refractivity contribution is -0.141. The first kappa shape index (κ1) is 34.5. The van der Waals surface area contributed by atoms with Crippen molar-refractivity contribution < 1.29 is 45.0 Å². The lowest BCUT2D eigenvalue weighted by Crippen LogP contribution is -2.46. The van der Waals surface area contributed by atoms with Gasteiger partial charge in [-0.15, -0.1) is 0 Å². The third-order valence-corrected chi connectivity index (χ3v) is 8.18. The maximum Gasteiger partial charge on any atom is 0.509 e. The third-order valence-electron chi connectivity index (χ3n) is 7.59. The van der Waals surface area contributed by atoms with E-state index in [9.17, 15) is 35.6 Å². The van der Waals surface area contributed by atoms with Crippen LogP contribution in [-0.4, -0.2) is 51.4 Å². The summed E-state index contributed by atoms with van der Waals surface area (Å²) < 4.78 is 91.3. The highest BCUT2D eigenvalue weighted by molar-refractivity contribution is 7.92. The van der Waals surface area contributed by atoms with Gasteiger partial charge in [-0.2, -0.15) is 13.2 Å². The van der Waals surface area contributed by atoms with E-state index in [2.05, 4.69) is 10.3 Å². The fourth-order valence-corrected chi connectivity index (χ4v) is 5.76. The van der Waals surface area contributed by atoms with Gasteiger partial charge < -0.3 is 19.7 Å². The van der Waals surface area contributed by atoms with Crippen molar-refractivity contribution in [3.63, 3.8) is 0 Å². The molecule has 1 atom stereocenters. The summed E-state index contributed by atoms with van der Waals surface area (Å²) in [5.41, 5.74) is -1.16. The monoisotopic (exact) mass is 666 g/mol. The van der Waals surface area contributed by atoms with Crippen LogP contribution in [0.5, 0.6) is 0 Å². The zero-order valence-corrected chi connectivity index (χ0v) is 26.2. The van der Waals surface area contributed by atoms with Gasteiger partial charge in [0.25, 0.3) is 0 Å². The number of amides is 1. The number of hydrogen-bond donors (Lipinski definition) is 2. The number of ether oxygens (including phenoxy) is 2. The van der Waals surface area contributed by atoms with Crippen molar-refractivity contribution in [2.45, 2.75) is 50.9 Å². The van der Waals surface area contributed by atoms with E-state index in [0.717, 1.165) is 24.0 Å². The minimum absolute atomic E-state index is 0.0165. The van der Waals surface area contributed by atoms with Gasteiger partial charge in [-0.3, -0.25) is 9.52 Å². The van der Waals surface area contributed by atoms with Crippen LogP contribution in [0.1, 0.15) is 55.0 Å². The smallest absolute Gasteiger partial charge is 0.435 e. The van der Waals surface area contributed by atoms with Crippen LogP contribution in [0, 0.1) is 5.82 Å². The molecule has 1 amide bonds. The average molecular weight is 667 g/mol. The van der Waals surface area contributed by atoms with Crippen LogP contribution in [-0.2, 0) is 42.6 Å². The van der Waals surface area contributed by atoms with Crippen molar-refractivity contribution >= 4 is 33.6 Å². The minimum Gasteiger partial charge on any atom is -0.435 e. The lowest BCUT2D eigenvalue weighted by atomic mass is 9.84. The average Bonchev–Trinajstić information content (AvgIpc) is 3.00. The number of piperidine rings is 1. The Labute approximate surface area is 264 Å². The summed E-state index contributed by atoms with van der Waals surface area (Å²) in [5.74, 6) is -2.28. The first-order valence-corrected chi connectivity index (χ1v) is 16.3. The van der Waals surface area contributed by atoms with Gasteiger partial charge in [0.15, 0.2) is 0 Å². The quantitative estimate of drug-likeness (QED) is 0.209. The number of aromatic nitrogens is 1. The number of carbonyl (C=O) groups is 2. The number of anilines is 2. The molecule has 0 radical (unpaired) electrons. The van der Waals surface area contributed by atoms with Crippen molar-refractivity contribution in [1.29, 1.82) is 0 Å². The molecule has 2 N–H and O–H groups in total. The molecule has 1 aliphatic heterocycles. The van der Waals surface area contributed by atoms with Gasteiger partial charge in [-0.25, -0.2) is 22.6 Å². The number of carbonyl (C=O) groups excluding carboxylic acids is 2. The molecule has 2 heterocycles. The van der Waals surface area contributed by atoms with Gasteiger partial charge in [-0.1, -0.05) is 42.5 Å². The second-order valence-electron chi connectivity index (χ2n) is 10.9. The number of halogens is 4. The summed E-state index contributed by atoms with van der Waals surface area (Å²) in [6.45, 7) is 3.43. The molecule has 0 saturated carbocycles. The lowest BCUT2D eigenvalue weighted by Gasteiger charge is -2.42. The molecule has 0 bridgehead atoms. The Kier molecular flexibility index (Phi) is 10.4. The van der Waals surface area contributed by atoms with Crippen LogP contribution in [0.3, 0.4) is 0 Å². The zero-order valence-electron chi connectivity index (χ0n) is 25.4. The van der Waals surface area contributed by atoms with Gasteiger partial charge >= 0.3 is 12.3 Å². The molecular formula is C31H34F4N4O6S. The van der Waals surface area contributed by atoms with Gasteiger partial charge in [0.1, 0.15) is 22.9 Å². The predicted octanol–water partition coefficient (Wildman–Crippen LogP) is 5.70. The third kappa shape index (κ3) is 8.44. The van der Waals surface area contributed by atoms with Crippen molar-refractivity contribution in [1.82, 2.24) is 10.3 Å². The summed E-state index contributed by atoms with van der Waals surface area (Å²) >= 11 is 0. The number of hydrogen-bond acceptors (Lipinski definition) is 8. The number of benzene rings is 2. The predicted molar refractivity (Wildman–Crippen MR) is 162 cm³/mol. The van der Waals surface area contributed by atoms with E-state index in [0.29, 0.717) is 5.56 Å². The van der Waals surface area contributed by atoms with E-state index in [1.807, 2.05) is 10.8 Å². The maximum absolute atomic E-state index is 14.5. The second kappa shape index (κ2) is 13.9. The fourth-order valence-electron chi connectivity index (χ4n) is 5.20. The normalized spacial score (nSPS) is 15.5. The van der Waals surface area contributed by atoms with E-state index in [-0.39, 0.29) is 56.2 Å². The van der Waals surface area contributed by atoms with Crippen LogP contribution in [0.2, 0.25) is 0 Å². The number of rotatable bonds is 10. The summed E-state index contributed by atoms with van der Waals surface area (Å²) in [5, 5.41) is 2.68. The van der Waals surface area contributed by atoms with Gasteiger partial charge in [0.05, 0.1) is 24.5 Å². The Hall–Kier alpha value is -4.40. The highest BCUT2D eigenvalue weighted by Gasteiger charge is 2.42. The Morgan fingerprint density at radius 1 is 1.07 bits per heavy atom. The molecular weight excluding hydrogens is 632 g/mol. The Bertz CT molecular complexity index is 1660. The summed E-state index contributed by atoms with van der Waals surface area (Å²) in [6, 6.07) is 14.7. The van der Waals surface area contributed by atoms with Crippen molar-refractivity contribution in [2.24, 2.45) is 0 Å². The number of pyridine rings is 1. The molecule has 1 unspecified atom stereocenters. The number of sulfonamides is 1. The number of nitrogens with one attached hydrogen (secondary N) is 2. The molecule has 1 saturated heterocycles. The fraction of sp³-hybridized carbons (Fsp3) is 0.387. The van der Waals surface area contributed by atoms with E-state index in [1.165, 1.54) is 25.1 Å². The molecule has 1 fully saturated rings. The highest BCUT2D eigenvalue weighted by atomic mass is 32.2. The number of nitrogens with zero attached hydrogens (tertiary/aromatic N) is 2. The molecule has 3 aromatic rings. The topological polar surface area (TPSA) is 127 Å². The molecule has 2 aromatic carbocycles. The molecule has 1 aromatic heterocycles. The molecule has 248 valence electrons. The van der Waals surface area contributed by atoms with Crippen molar-refractivity contribution in [2.75, 3.05) is 35.6 Å². The van der Waals surface area contributed by atoms with Crippen molar-refractivity contribution in [3.8, 4) is 0 Å². The first-order valence-electron chi connectivity index (χ1n) is 14.4. The molecule has 0 spiro atoms. The van der Waals surface area contributed by atoms with Crippen LogP contribution in [0.25, 0.3) is 0 Å². The summed E-state index contributed by atoms with van der Waals surface area (Å²) in [4.78, 5) is 31.0. The number of alkyl halides is 3. The van der Waals surface area contributed by atoms with E-state index >= 15 is 0 Å². The van der Waals surface area contributed by atoms with E-state index < -0.39 is 51.3 Å². The molecule has 15 heteroatoms. The Balaban J connectivity index is 1.54. The first-order chi connectivity index (χ1) is 21.6. The summed E-state index contributed by atoms with van der Waals surface area (Å²) in [6.07, 6.45) is -4.24. The minimum atomic E-state index is -4.72. The largest absolute Gasteiger partial charge is 0.509 e. The summed E-state index contributed by atoms with van der Waals surface area (Å²) in [7, 11) is -3.72. The Morgan fingerprint density at radius 2 is 1.74 bits per heavy atom. The molecule has 46 heavy (non-hydrogen) atoms. The van der Waals surface area contributed by atoms with Crippen LogP contribution in [0.4, 0.5) is 33.9 Å². The van der Waals surface area contributed by atoms with E-state index in [4.69, 9.17) is 9.47 Å². The van der Waals surface area contributed by atoms with Gasteiger partial charge in [-0.05, 0) is 43.2 Å². The molecule has 4 rings (SSSR count). The highest BCUT2D eigenvalue weighted by Crippen LogP contribution is 2.39. The molecule has 1 aliphatic rings. The van der Waals surface area contributed by atoms with Crippen molar-refractivity contribution in [3.05, 3.63) is 88.9 Å². The SMILES string of the molecule is CCOC(=O)OC1(c2ccccc2)CCN(c2nc(C(F)(F)F)ccc2CNC(=O)C(C)c2ccc(NS(C)(=O)=O)c(F)c2)CC1. The van der Waals surface area contributed by atoms with E-state index in [1.54, 1.807) is 36.1 Å². The Morgan fingerprint density at radius 3 is 2.33 bits per heavy atom. The standard InChI is InChI=1S/C31H34F4N4O6S/c1-4-44-29(41)45-30(23-8-6-5-7-9-23)14-16-39(17-15-30)27-22(11-13-26(37-27)31(33,34)35)19-36-28(40)20(2)21-10-12-25(24(32)18-21)38-46(3,42)43/h5-13,18,20,38H,4,14-17,19H2,1-3H3,(H,36,40). The maximum atomic E-state index is 14.5. The van der Waals surface area contributed by atoms with Gasteiger partial charge in [0.2, 0.25) is 15.9 Å². The molecule has 0 aliphatic carbocycles. The van der Waals surface area contributed by atoms with Gasteiger partial charge in [0, 0.05) is 38.0 Å². The van der Waals surface area contributed by atoms with Crippen LogP contribution >= 0.6 is 0 Å². The second-order valence-corrected chi connectivity index (χ2v) is 12.6. The molecule has 10 nitrogen and oxygen atoms in total. The van der Waals surface area contributed by atoms with Crippen LogP contribution in [0.15, 0.2) is 60.7 Å². The van der Waals surface area contributed by atoms with Crippen LogP contribution < -0.4 is 14.9 Å².